The van der Waals surface area contributed by atoms with Gasteiger partial charge in [0.25, 0.3) is 0 Å². The highest BCUT2D eigenvalue weighted by Gasteiger charge is 1.94. The normalized spacial score (nSPS) is 13.9. The predicted octanol–water partition coefficient (Wildman–Crippen LogP) is 1.86. The van der Waals surface area contributed by atoms with Gasteiger partial charge in [0.1, 0.15) is 0 Å². The summed E-state index contributed by atoms with van der Waals surface area (Å²) < 4.78 is 2.83. The van der Waals surface area contributed by atoms with Crippen molar-refractivity contribution in [3.8, 4) is 0 Å². The van der Waals surface area contributed by atoms with E-state index in [9.17, 15) is 0 Å². The van der Waals surface area contributed by atoms with Crippen molar-refractivity contribution in [2.75, 3.05) is 6.54 Å². The molecule has 0 fully saturated rings. The van der Waals surface area contributed by atoms with Gasteiger partial charge in [-0.1, -0.05) is 33.1 Å². The number of thiol groups is 1. The van der Waals surface area contributed by atoms with Crippen LogP contribution < -0.4 is 4.72 Å². The Hall–Kier alpha value is 0.310. The maximum absolute atomic E-state index is 3.88. The predicted molar refractivity (Wildman–Crippen MR) is 41.1 cm³/mol. The monoisotopic (exact) mass is 133 g/mol. The third kappa shape index (κ3) is 4.47. The molecule has 1 unspecified atom stereocenters. The summed E-state index contributed by atoms with van der Waals surface area (Å²) in [6.45, 7) is 5.49. The summed E-state index contributed by atoms with van der Waals surface area (Å²) in [6.07, 6.45) is 2.51. The molecule has 1 N–H and O–H groups in total. The maximum Gasteiger partial charge on any atom is 0.00586 e. The molecule has 0 radical (unpaired) electrons. The molecule has 0 heterocycles. The Kier molecular flexibility index (Phi) is 5.66. The average Bonchev–Trinajstić information content (AvgIpc) is 1.83. The van der Waals surface area contributed by atoms with Crippen LogP contribution in [0, 0.1) is 5.92 Å². The molecular weight excluding hydrogens is 118 g/mol. The Morgan fingerprint density at radius 2 is 2.25 bits per heavy atom. The Balaban J connectivity index is 2.86. The lowest BCUT2D eigenvalue weighted by molar-refractivity contribution is 0.517. The summed E-state index contributed by atoms with van der Waals surface area (Å²) in [7, 11) is 0. The fourth-order valence-corrected chi connectivity index (χ4v) is 0.644. The largest absolute Gasteiger partial charge is 0.267 e. The van der Waals surface area contributed by atoms with Crippen LogP contribution in [0.25, 0.3) is 0 Å². The minimum Gasteiger partial charge on any atom is -0.267 e. The van der Waals surface area contributed by atoms with E-state index in [1.54, 1.807) is 0 Å². The van der Waals surface area contributed by atoms with Crippen LogP contribution in [0.1, 0.15) is 26.7 Å². The first-order valence-electron chi connectivity index (χ1n) is 3.18. The van der Waals surface area contributed by atoms with Gasteiger partial charge in [0.2, 0.25) is 0 Å². The first-order valence-corrected chi connectivity index (χ1v) is 3.63. The zero-order valence-corrected chi connectivity index (χ0v) is 6.54. The molecular formula is C6H15NS. The van der Waals surface area contributed by atoms with Crippen LogP contribution in [0.2, 0.25) is 0 Å². The highest BCUT2D eigenvalue weighted by Crippen LogP contribution is 2.03. The Morgan fingerprint density at radius 3 is 2.62 bits per heavy atom. The van der Waals surface area contributed by atoms with E-state index in [0.717, 1.165) is 12.5 Å². The highest BCUT2D eigenvalue weighted by atomic mass is 32.1. The van der Waals surface area contributed by atoms with E-state index in [1.807, 2.05) is 0 Å². The lowest BCUT2D eigenvalue weighted by atomic mass is 10.1. The molecule has 0 bridgehead atoms. The molecule has 0 aromatic carbocycles. The highest BCUT2D eigenvalue weighted by molar-refractivity contribution is 7.78. The van der Waals surface area contributed by atoms with Crippen molar-refractivity contribution in [1.29, 1.82) is 0 Å². The lowest BCUT2D eigenvalue weighted by Gasteiger charge is -2.04. The van der Waals surface area contributed by atoms with Crippen LogP contribution in [-0.2, 0) is 0 Å². The van der Waals surface area contributed by atoms with Crippen LogP contribution in [0.15, 0.2) is 0 Å². The standard InChI is InChI=1S/C6H15NS/c1-3-6(2)4-5-7-8/h6-8H,3-5H2,1-2H3. The van der Waals surface area contributed by atoms with Gasteiger partial charge in [0, 0.05) is 6.54 Å². The van der Waals surface area contributed by atoms with Gasteiger partial charge in [0.15, 0.2) is 0 Å². The molecule has 50 valence electrons. The van der Waals surface area contributed by atoms with Crippen molar-refractivity contribution in [1.82, 2.24) is 4.72 Å². The third-order valence-electron chi connectivity index (χ3n) is 1.45. The van der Waals surface area contributed by atoms with E-state index in [-0.39, 0.29) is 0 Å². The number of hydrogen-bond acceptors (Lipinski definition) is 2. The molecule has 0 aliphatic rings. The number of nitrogens with one attached hydrogen (secondary N) is 1. The molecule has 0 spiro atoms. The van der Waals surface area contributed by atoms with E-state index < -0.39 is 0 Å². The van der Waals surface area contributed by atoms with Crippen molar-refractivity contribution in [3.63, 3.8) is 0 Å². The van der Waals surface area contributed by atoms with Crippen molar-refractivity contribution < 1.29 is 0 Å². The molecule has 8 heavy (non-hydrogen) atoms. The number of rotatable bonds is 4. The fraction of sp³-hybridized carbons (Fsp3) is 1.00. The molecule has 0 rings (SSSR count). The van der Waals surface area contributed by atoms with Gasteiger partial charge in [-0.05, 0) is 12.3 Å². The lowest BCUT2D eigenvalue weighted by Crippen LogP contribution is -2.05. The van der Waals surface area contributed by atoms with E-state index in [1.165, 1.54) is 12.8 Å². The van der Waals surface area contributed by atoms with Gasteiger partial charge >= 0.3 is 0 Å². The minimum absolute atomic E-state index is 0.842. The van der Waals surface area contributed by atoms with Crippen molar-refractivity contribution in [3.05, 3.63) is 0 Å². The molecule has 0 saturated carbocycles. The van der Waals surface area contributed by atoms with Crippen molar-refractivity contribution in [2.45, 2.75) is 26.7 Å². The second-order valence-corrected chi connectivity index (χ2v) is 2.53. The minimum atomic E-state index is 0.842. The van der Waals surface area contributed by atoms with Crippen LogP contribution in [0.5, 0.6) is 0 Å². The third-order valence-corrected chi connectivity index (χ3v) is 1.67. The van der Waals surface area contributed by atoms with E-state index in [2.05, 4.69) is 31.4 Å². The van der Waals surface area contributed by atoms with Crippen LogP contribution in [0.4, 0.5) is 0 Å². The van der Waals surface area contributed by atoms with Crippen LogP contribution in [-0.4, -0.2) is 6.54 Å². The van der Waals surface area contributed by atoms with Crippen molar-refractivity contribution in [2.24, 2.45) is 5.92 Å². The van der Waals surface area contributed by atoms with Gasteiger partial charge in [-0.15, -0.1) is 0 Å². The Bertz CT molecular complexity index is 47.8. The quantitative estimate of drug-likeness (QED) is 0.558. The van der Waals surface area contributed by atoms with Gasteiger partial charge in [-0.2, -0.15) is 0 Å². The smallest absolute Gasteiger partial charge is 0.00586 e. The second kappa shape index (κ2) is 5.45. The van der Waals surface area contributed by atoms with E-state index in [0.29, 0.717) is 0 Å². The van der Waals surface area contributed by atoms with Gasteiger partial charge in [-0.25, -0.2) is 0 Å². The topological polar surface area (TPSA) is 12.0 Å². The molecule has 0 saturated heterocycles. The Morgan fingerprint density at radius 1 is 1.62 bits per heavy atom. The summed E-state index contributed by atoms with van der Waals surface area (Å²) in [5.41, 5.74) is 0. The molecule has 0 amide bonds. The fourth-order valence-electron chi connectivity index (χ4n) is 0.515. The molecule has 0 aliphatic heterocycles. The molecule has 1 nitrogen and oxygen atoms in total. The average molecular weight is 133 g/mol. The molecule has 0 aromatic heterocycles. The zero-order valence-electron chi connectivity index (χ0n) is 5.65. The summed E-state index contributed by atoms with van der Waals surface area (Å²) >= 11 is 3.88. The zero-order chi connectivity index (χ0) is 6.41. The van der Waals surface area contributed by atoms with Gasteiger partial charge in [0.05, 0.1) is 0 Å². The molecule has 1 atom stereocenters. The summed E-state index contributed by atoms with van der Waals surface area (Å²) in [4.78, 5) is 0. The maximum atomic E-state index is 3.88. The van der Waals surface area contributed by atoms with E-state index >= 15 is 0 Å². The summed E-state index contributed by atoms with van der Waals surface area (Å²) in [5, 5.41) is 0. The van der Waals surface area contributed by atoms with Crippen LogP contribution in [0.3, 0.4) is 0 Å². The second-order valence-electron chi connectivity index (χ2n) is 2.21. The SMILES string of the molecule is CCC(C)CCNS. The van der Waals surface area contributed by atoms with E-state index in [4.69, 9.17) is 0 Å². The van der Waals surface area contributed by atoms with Gasteiger partial charge < -0.3 is 0 Å². The van der Waals surface area contributed by atoms with Crippen molar-refractivity contribution >= 4 is 12.8 Å². The first kappa shape index (κ1) is 8.31. The molecule has 0 aromatic rings. The van der Waals surface area contributed by atoms with Gasteiger partial charge in [-0.3, -0.25) is 4.72 Å². The van der Waals surface area contributed by atoms with Crippen LogP contribution >= 0.6 is 12.8 Å². The number of hydrogen-bond donors (Lipinski definition) is 2. The summed E-state index contributed by atoms with van der Waals surface area (Å²) in [6, 6.07) is 0. The molecule has 2 heteroatoms. The first-order chi connectivity index (χ1) is 3.81. The molecule has 0 aliphatic carbocycles. The summed E-state index contributed by atoms with van der Waals surface area (Å²) in [5.74, 6) is 0.842. The Labute approximate surface area is 57.4 Å².